The maximum absolute atomic E-state index is 12.6. The van der Waals surface area contributed by atoms with Crippen LogP contribution in [0.3, 0.4) is 0 Å². The number of rotatable bonds is 5. The van der Waals surface area contributed by atoms with Gasteiger partial charge in [-0.3, -0.25) is 9.69 Å². The van der Waals surface area contributed by atoms with Crippen LogP contribution in [0.1, 0.15) is 69.1 Å². The monoisotopic (exact) mass is 331 g/mol. The second kappa shape index (κ2) is 6.82. The van der Waals surface area contributed by atoms with E-state index in [9.17, 15) is 4.79 Å². The quantitative estimate of drug-likeness (QED) is 0.898. The van der Waals surface area contributed by atoms with Gasteiger partial charge in [0, 0.05) is 18.6 Å². The first-order valence-electron chi connectivity index (χ1n) is 9.64. The Bertz CT molecular complexity index is 588. The highest BCUT2D eigenvalue weighted by molar-refractivity contribution is 5.79. The lowest BCUT2D eigenvalue weighted by atomic mass is 9.94. The van der Waals surface area contributed by atoms with Crippen LogP contribution in [0.4, 0.5) is 0 Å². The Morgan fingerprint density at radius 3 is 2.62 bits per heavy atom. The van der Waals surface area contributed by atoms with E-state index in [0.717, 1.165) is 37.2 Å². The molecule has 24 heavy (non-hydrogen) atoms. The molecule has 1 aromatic heterocycles. The lowest BCUT2D eigenvalue weighted by Gasteiger charge is -2.30. The van der Waals surface area contributed by atoms with Gasteiger partial charge >= 0.3 is 0 Å². The summed E-state index contributed by atoms with van der Waals surface area (Å²) in [5, 5.41) is 11.5. The van der Waals surface area contributed by atoms with Crippen molar-refractivity contribution >= 4 is 5.91 Å². The third-order valence-corrected chi connectivity index (χ3v) is 5.95. The lowest BCUT2D eigenvalue weighted by molar-refractivity contribution is -0.124. The van der Waals surface area contributed by atoms with Gasteiger partial charge in [-0.05, 0) is 45.6 Å². The molecule has 0 aromatic carbocycles. The van der Waals surface area contributed by atoms with Crippen molar-refractivity contribution in [2.75, 3.05) is 13.1 Å². The molecule has 6 nitrogen and oxygen atoms in total. The molecule has 132 valence electrons. The second-order valence-electron chi connectivity index (χ2n) is 7.75. The molecule has 2 aliphatic carbocycles. The van der Waals surface area contributed by atoms with E-state index in [4.69, 9.17) is 0 Å². The van der Waals surface area contributed by atoms with Crippen molar-refractivity contribution in [1.29, 1.82) is 0 Å². The zero-order valence-corrected chi connectivity index (χ0v) is 14.7. The van der Waals surface area contributed by atoms with Crippen LogP contribution in [0.15, 0.2) is 0 Å². The first kappa shape index (κ1) is 16.1. The van der Waals surface area contributed by atoms with E-state index in [2.05, 4.69) is 25.0 Å². The van der Waals surface area contributed by atoms with Crippen LogP contribution >= 0.6 is 0 Å². The molecule has 3 fully saturated rings. The van der Waals surface area contributed by atoms with E-state index in [1.165, 1.54) is 44.9 Å². The van der Waals surface area contributed by atoms with Crippen molar-refractivity contribution < 1.29 is 4.79 Å². The highest BCUT2D eigenvalue weighted by Crippen LogP contribution is 2.36. The molecule has 0 spiro atoms. The molecule has 1 saturated heterocycles. The second-order valence-corrected chi connectivity index (χ2v) is 7.75. The van der Waals surface area contributed by atoms with Crippen molar-refractivity contribution in [2.24, 2.45) is 5.92 Å². The maximum atomic E-state index is 12.6. The molecule has 2 heterocycles. The van der Waals surface area contributed by atoms with Gasteiger partial charge in [-0.2, -0.15) is 0 Å². The van der Waals surface area contributed by atoms with Gasteiger partial charge in [-0.25, -0.2) is 0 Å². The fraction of sp³-hybridized carbons (Fsp3) is 0.833. The van der Waals surface area contributed by atoms with Crippen LogP contribution in [0.2, 0.25) is 0 Å². The molecule has 2 saturated carbocycles. The van der Waals surface area contributed by atoms with Gasteiger partial charge in [0.2, 0.25) is 5.91 Å². The maximum Gasteiger partial charge on any atom is 0.224 e. The number of aromatic nitrogens is 3. The van der Waals surface area contributed by atoms with Crippen LogP contribution in [0, 0.1) is 12.8 Å². The Kier molecular flexibility index (Phi) is 4.57. The largest absolute Gasteiger partial charge is 0.349 e. The minimum atomic E-state index is 0.144. The first-order valence-corrected chi connectivity index (χ1v) is 9.64. The number of carbonyl (C=O) groups is 1. The van der Waals surface area contributed by atoms with E-state index in [0.29, 0.717) is 12.6 Å². The molecule has 4 rings (SSSR count). The number of nitrogens with one attached hydrogen (secondary N) is 1. The zero-order chi connectivity index (χ0) is 16.5. The summed E-state index contributed by atoms with van der Waals surface area (Å²) in [5.74, 6) is 2.21. The molecular weight excluding hydrogens is 302 g/mol. The summed E-state index contributed by atoms with van der Waals surface area (Å²) in [6.45, 7) is 4.52. The molecular formula is C18H29N5O. The first-order chi connectivity index (χ1) is 11.7. The fourth-order valence-corrected chi connectivity index (χ4v) is 4.43. The fourth-order valence-electron chi connectivity index (χ4n) is 4.43. The minimum Gasteiger partial charge on any atom is -0.349 e. The summed E-state index contributed by atoms with van der Waals surface area (Å²) in [7, 11) is 0. The number of amides is 1. The van der Waals surface area contributed by atoms with Gasteiger partial charge in [-0.15, -0.1) is 10.2 Å². The number of hydrogen-bond donors (Lipinski definition) is 1. The van der Waals surface area contributed by atoms with E-state index >= 15 is 0 Å². The average Bonchev–Trinajstić information content (AvgIpc) is 3.19. The summed E-state index contributed by atoms with van der Waals surface area (Å²) in [5.41, 5.74) is 0. The Labute approximate surface area is 144 Å². The van der Waals surface area contributed by atoms with Gasteiger partial charge in [-0.1, -0.05) is 19.3 Å². The predicted octanol–water partition coefficient (Wildman–Crippen LogP) is 2.19. The number of likely N-dealkylation sites (tertiary alicyclic amines) is 1. The van der Waals surface area contributed by atoms with Crippen molar-refractivity contribution in [2.45, 2.75) is 76.9 Å². The number of aryl methyl sites for hydroxylation is 1. The van der Waals surface area contributed by atoms with E-state index in [1.54, 1.807) is 0 Å². The average molecular weight is 331 g/mol. The van der Waals surface area contributed by atoms with Crippen LogP contribution in [-0.2, 0) is 11.3 Å². The molecule has 3 aliphatic rings. The van der Waals surface area contributed by atoms with Crippen LogP contribution in [0.25, 0.3) is 0 Å². The number of hydrogen-bond acceptors (Lipinski definition) is 4. The van der Waals surface area contributed by atoms with Gasteiger partial charge in [0.15, 0.2) is 5.82 Å². The normalized spacial score (nSPS) is 26.0. The smallest absolute Gasteiger partial charge is 0.224 e. The number of carbonyl (C=O) groups excluding carboxylic acids is 1. The van der Waals surface area contributed by atoms with Gasteiger partial charge < -0.3 is 9.88 Å². The zero-order valence-electron chi connectivity index (χ0n) is 14.7. The van der Waals surface area contributed by atoms with Crippen LogP contribution in [0.5, 0.6) is 0 Å². The summed E-state index contributed by atoms with van der Waals surface area (Å²) in [6, 6.07) is 1.28. The third-order valence-electron chi connectivity index (χ3n) is 5.95. The third kappa shape index (κ3) is 3.34. The van der Waals surface area contributed by atoms with Crippen molar-refractivity contribution in [3.63, 3.8) is 0 Å². The lowest BCUT2D eigenvalue weighted by Crippen LogP contribution is -2.37. The Hall–Kier alpha value is -1.43. The Morgan fingerprint density at radius 2 is 1.88 bits per heavy atom. The summed E-state index contributed by atoms with van der Waals surface area (Å²) < 4.78 is 2.20. The van der Waals surface area contributed by atoms with Crippen molar-refractivity contribution in [3.8, 4) is 0 Å². The van der Waals surface area contributed by atoms with Gasteiger partial charge in [0.05, 0.1) is 12.5 Å². The molecule has 0 bridgehead atoms. The molecule has 1 amide bonds. The molecule has 1 atom stereocenters. The van der Waals surface area contributed by atoms with Crippen LogP contribution in [-0.4, -0.2) is 44.7 Å². The highest BCUT2D eigenvalue weighted by atomic mass is 16.1. The molecule has 1 unspecified atom stereocenters. The van der Waals surface area contributed by atoms with Gasteiger partial charge in [0.25, 0.3) is 0 Å². The Morgan fingerprint density at radius 1 is 1.08 bits per heavy atom. The highest BCUT2D eigenvalue weighted by Gasteiger charge is 2.33. The molecule has 1 aromatic rings. The minimum absolute atomic E-state index is 0.144. The van der Waals surface area contributed by atoms with E-state index in [1.807, 2.05) is 6.92 Å². The Balaban J connectivity index is 1.29. The topological polar surface area (TPSA) is 63.1 Å². The number of nitrogens with zero attached hydrogens (tertiary/aromatic N) is 4. The van der Waals surface area contributed by atoms with Gasteiger partial charge in [0.1, 0.15) is 5.82 Å². The van der Waals surface area contributed by atoms with E-state index in [-0.39, 0.29) is 11.8 Å². The molecule has 1 N–H and O–H groups in total. The molecule has 0 radical (unpaired) electrons. The SMILES string of the molecule is Cc1nnc(CNC(=O)C2CCN(C3CCCCC3)C2)n1C1CC1. The molecule has 6 heteroatoms. The summed E-state index contributed by atoms with van der Waals surface area (Å²) >= 11 is 0. The summed E-state index contributed by atoms with van der Waals surface area (Å²) in [6.07, 6.45) is 10.1. The molecule has 1 aliphatic heterocycles. The van der Waals surface area contributed by atoms with E-state index < -0.39 is 0 Å². The van der Waals surface area contributed by atoms with Crippen molar-refractivity contribution in [3.05, 3.63) is 11.6 Å². The predicted molar refractivity (Wildman–Crippen MR) is 91.4 cm³/mol. The summed E-state index contributed by atoms with van der Waals surface area (Å²) in [4.78, 5) is 15.1. The standard InChI is InChI=1S/C18H29N5O/c1-13-20-21-17(23(13)16-7-8-16)11-19-18(24)14-9-10-22(12-14)15-5-3-2-4-6-15/h14-16H,2-12H2,1H3,(H,19,24). The van der Waals surface area contributed by atoms with Crippen molar-refractivity contribution in [1.82, 2.24) is 25.0 Å². The van der Waals surface area contributed by atoms with Crippen LogP contribution < -0.4 is 5.32 Å².